The molecule has 0 atom stereocenters. The van der Waals surface area contributed by atoms with Crippen molar-refractivity contribution in [1.29, 1.82) is 0 Å². The molecule has 5 heteroatoms. The monoisotopic (exact) mass is 219 g/mol. The van der Waals surface area contributed by atoms with Gasteiger partial charge in [-0.15, -0.1) is 0 Å². The molecule has 0 aliphatic carbocycles. The predicted molar refractivity (Wildman–Crippen MR) is 58.4 cm³/mol. The summed E-state index contributed by atoms with van der Waals surface area (Å²) in [7, 11) is 1.84. The molecule has 2 heterocycles. The summed E-state index contributed by atoms with van der Waals surface area (Å²) in [6.07, 6.45) is 5.40. The number of hydrogen-bond donors (Lipinski definition) is 1. The Labute approximate surface area is 92.9 Å². The zero-order valence-corrected chi connectivity index (χ0v) is 9.21. The van der Waals surface area contributed by atoms with Gasteiger partial charge in [0.25, 0.3) is 0 Å². The zero-order chi connectivity index (χ0) is 11.7. The van der Waals surface area contributed by atoms with E-state index in [0.717, 1.165) is 11.1 Å². The number of hydrogen-bond acceptors (Lipinski definition) is 2. The summed E-state index contributed by atoms with van der Waals surface area (Å²) in [5.41, 5.74) is 2.10. The Bertz CT molecular complexity index is 525. The molecule has 0 unspecified atom stereocenters. The smallest absolute Gasteiger partial charge is 0.352 e. The molecule has 0 fully saturated rings. The normalized spacial score (nSPS) is 10.6. The highest BCUT2D eigenvalue weighted by molar-refractivity contribution is 5.87. The van der Waals surface area contributed by atoms with Crippen LogP contribution < -0.4 is 0 Å². The molecule has 0 aromatic carbocycles. The lowest BCUT2D eigenvalue weighted by atomic mass is 10.2. The molecule has 0 aliphatic heterocycles. The van der Waals surface area contributed by atoms with Crippen LogP contribution >= 0.6 is 0 Å². The largest absolute Gasteiger partial charge is 0.477 e. The van der Waals surface area contributed by atoms with Crippen molar-refractivity contribution in [2.75, 3.05) is 0 Å². The van der Waals surface area contributed by atoms with E-state index < -0.39 is 5.97 Å². The lowest BCUT2D eigenvalue weighted by Gasteiger charge is -2.04. The van der Waals surface area contributed by atoms with Crippen LogP contribution in [0.25, 0.3) is 0 Å². The molecule has 0 spiro atoms. The second-order valence-corrected chi connectivity index (χ2v) is 3.80. The highest BCUT2D eigenvalue weighted by atomic mass is 16.4. The third-order valence-corrected chi connectivity index (χ3v) is 2.48. The van der Waals surface area contributed by atoms with Crippen LogP contribution in [-0.4, -0.2) is 25.4 Å². The second kappa shape index (κ2) is 3.84. The van der Waals surface area contributed by atoms with Gasteiger partial charge in [0, 0.05) is 25.0 Å². The minimum atomic E-state index is -0.897. The van der Waals surface area contributed by atoms with E-state index in [-0.39, 0.29) is 0 Å². The van der Waals surface area contributed by atoms with E-state index in [4.69, 9.17) is 5.11 Å². The van der Waals surface area contributed by atoms with E-state index in [0.29, 0.717) is 12.2 Å². The minimum absolute atomic E-state index is 0.337. The SMILES string of the molecule is Cc1ccn(Cc2cnn(C)c2)c1C(=O)O. The van der Waals surface area contributed by atoms with Crippen LogP contribution in [0, 0.1) is 6.92 Å². The average Bonchev–Trinajstić information content (AvgIpc) is 2.74. The first-order chi connectivity index (χ1) is 7.58. The molecular weight excluding hydrogens is 206 g/mol. The zero-order valence-electron chi connectivity index (χ0n) is 9.21. The summed E-state index contributed by atoms with van der Waals surface area (Å²) in [5.74, 6) is -0.897. The maximum atomic E-state index is 11.1. The minimum Gasteiger partial charge on any atom is -0.477 e. The molecule has 5 nitrogen and oxygen atoms in total. The third kappa shape index (κ3) is 1.84. The van der Waals surface area contributed by atoms with Crippen LogP contribution in [0.1, 0.15) is 21.6 Å². The molecule has 0 bridgehead atoms. The Morgan fingerprint density at radius 2 is 2.31 bits per heavy atom. The molecule has 2 aromatic rings. The van der Waals surface area contributed by atoms with E-state index in [1.807, 2.05) is 13.2 Å². The van der Waals surface area contributed by atoms with Crippen molar-refractivity contribution < 1.29 is 9.90 Å². The molecule has 2 aromatic heterocycles. The molecule has 0 aliphatic rings. The fourth-order valence-electron chi connectivity index (χ4n) is 1.76. The number of rotatable bonds is 3. The van der Waals surface area contributed by atoms with Crippen molar-refractivity contribution in [2.45, 2.75) is 13.5 Å². The summed E-state index contributed by atoms with van der Waals surface area (Å²) < 4.78 is 3.42. The summed E-state index contributed by atoms with van der Waals surface area (Å²) >= 11 is 0. The van der Waals surface area contributed by atoms with E-state index in [2.05, 4.69) is 5.10 Å². The van der Waals surface area contributed by atoms with Crippen molar-refractivity contribution in [3.8, 4) is 0 Å². The topological polar surface area (TPSA) is 60.0 Å². The Hall–Kier alpha value is -2.04. The van der Waals surface area contributed by atoms with Gasteiger partial charge in [-0.2, -0.15) is 5.10 Å². The number of aryl methyl sites for hydroxylation is 2. The number of carbonyl (C=O) groups is 1. The van der Waals surface area contributed by atoms with Crippen LogP contribution in [-0.2, 0) is 13.6 Å². The maximum absolute atomic E-state index is 11.1. The number of aromatic carboxylic acids is 1. The molecule has 16 heavy (non-hydrogen) atoms. The Kier molecular flexibility index (Phi) is 2.52. The average molecular weight is 219 g/mol. The van der Waals surface area contributed by atoms with Crippen molar-refractivity contribution >= 4 is 5.97 Å². The van der Waals surface area contributed by atoms with E-state index in [1.165, 1.54) is 0 Å². The number of aromatic nitrogens is 3. The van der Waals surface area contributed by atoms with E-state index in [1.54, 1.807) is 34.6 Å². The van der Waals surface area contributed by atoms with Gasteiger partial charge in [-0.25, -0.2) is 4.79 Å². The number of carboxylic acids is 1. The molecular formula is C11H13N3O2. The summed E-state index contributed by atoms with van der Waals surface area (Å²) in [5, 5.41) is 13.1. The van der Waals surface area contributed by atoms with Gasteiger partial charge in [-0.3, -0.25) is 4.68 Å². The van der Waals surface area contributed by atoms with Gasteiger partial charge < -0.3 is 9.67 Å². The highest BCUT2D eigenvalue weighted by Crippen LogP contribution is 2.12. The lowest BCUT2D eigenvalue weighted by molar-refractivity contribution is 0.0685. The molecule has 0 amide bonds. The fraction of sp³-hybridized carbons (Fsp3) is 0.273. The van der Waals surface area contributed by atoms with Gasteiger partial charge in [0.1, 0.15) is 5.69 Å². The molecule has 0 saturated heterocycles. The van der Waals surface area contributed by atoms with E-state index in [9.17, 15) is 4.79 Å². The molecule has 0 saturated carbocycles. The fourth-order valence-corrected chi connectivity index (χ4v) is 1.76. The Balaban J connectivity index is 2.31. The van der Waals surface area contributed by atoms with Crippen LogP contribution in [0.15, 0.2) is 24.7 Å². The number of carboxylic acid groups (broad SMARTS) is 1. The second-order valence-electron chi connectivity index (χ2n) is 3.80. The van der Waals surface area contributed by atoms with Crippen molar-refractivity contribution in [3.63, 3.8) is 0 Å². The van der Waals surface area contributed by atoms with Crippen LogP contribution in [0.2, 0.25) is 0 Å². The van der Waals surface area contributed by atoms with Crippen molar-refractivity contribution in [3.05, 3.63) is 41.5 Å². The molecule has 1 N–H and O–H groups in total. The predicted octanol–water partition coefficient (Wildman–Crippen LogP) is 1.28. The standard InChI is InChI=1S/C11H13N3O2/c1-8-3-4-14(10(8)11(15)16)7-9-5-12-13(2)6-9/h3-6H,7H2,1-2H3,(H,15,16). The van der Waals surface area contributed by atoms with E-state index >= 15 is 0 Å². The van der Waals surface area contributed by atoms with Crippen LogP contribution in [0.3, 0.4) is 0 Å². The summed E-state index contributed by atoms with van der Waals surface area (Å²) in [6, 6.07) is 1.81. The quantitative estimate of drug-likeness (QED) is 0.845. The Morgan fingerprint density at radius 1 is 1.56 bits per heavy atom. The summed E-state index contributed by atoms with van der Waals surface area (Å²) in [6.45, 7) is 2.33. The number of nitrogens with zero attached hydrogens (tertiary/aromatic N) is 3. The lowest BCUT2D eigenvalue weighted by Crippen LogP contribution is -2.09. The first-order valence-corrected chi connectivity index (χ1v) is 4.94. The molecule has 2 rings (SSSR count). The van der Waals surface area contributed by atoms with Gasteiger partial charge in [0.05, 0.1) is 12.7 Å². The van der Waals surface area contributed by atoms with Gasteiger partial charge in [-0.05, 0) is 18.6 Å². The molecule has 0 radical (unpaired) electrons. The van der Waals surface area contributed by atoms with Gasteiger partial charge in [0.2, 0.25) is 0 Å². The van der Waals surface area contributed by atoms with Crippen LogP contribution in [0.5, 0.6) is 0 Å². The third-order valence-electron chi connectivity index (χ3n) is 2.48. The highest BCUT2D eigenvalue weighted by Gasteiger charge is 2.13. The first kappa shape index (κ1) is 10.5. The van der Waals surface area contributed by atoms with Crippen molar-refractivity contribution in [1.82, 2.24) is 14.3 Å². The van der Waals surface area contributed by atoms with Crippen LogP contribution in [0.4, 0.5) is 0 Å². The molecule has 84 valence electrons. The van der Waals surface area contributed by atoms with Crippen molar-refractivity contribution in [2.24, 2.45) is 7.05 Å². The summed E-state index contributed by atoms with van der Waals surface area (Å²) in [4.78, 5) is 11.1. The maximum Gasteiger partial charge on any atom is 0.352 e. The van der Waals surface area contributed by atoms with Gasteiger partial charge in [-0.1, -0.05) is 0 Å². The van der Waals surface area contributed by atoms with Gasteiger partial charge >= 0.3 is 5.97 Å². The Morgan fingerprint density at radius 3 is 2.88 bits per heavy atom. The van der Waals surface area contributed by atoms with Gasteiger partial charge in [0.15, 0.2) is 0 Å². The first-order valence-electron chi connectivity index (χ1n) is 4.94.